The topological polar surface area (TPSA) is 83.6 Å². The largest absolute Gasteiger partial charge is 0.426 e. The number of aromatic nitrogens is 3. The average Bonchev–Trinajstić information content (AvgIpc) is 3.58. The van der Waals surface area contributed by atoms with Crippen molar-refractivity contribution in [2.24, 2.45) is 0 Å². The van der Waals surface area contributed by atoms with Gasteiger partial charge in [-0.05, 0) is 49.2 Å². The Morgan fingerprint density at radius 2 is 1.75 bits per heavy atom. The molecule has 0 aliphatic carbocycles. The van der Waals surface area contributed by atoms with Crippen molar-refractivity contribution in [3.05, 3.63) is 65.2 Å². The van der Waals surface area contributed by atoms with Gasteiger partial charge >= 0.3 is 6.01 Å². The van der Waals surface area contributed by atoms with Crippen LogP contribution in [0.1, 0.15) is 23.2 Å². The minimum Gasteiger partial charge on any atom is -0.426 e. The number of hydrogen-bond donors (Lipinski definition) is 1. The van der Waals surface area contributed by atoms with E-state index in [9.17, 15) is 4.79 Å². The maximum Gasteiger partial charge on any atom is 0.301 e. The van der Waals surface area contributed by atoms with Gasteiger partial charge in [0.25, 0.3) is 5.91 Å². The number of H-pyrrole nitrogens is 1. The quantitative estimate of drug-likeness (QED) is 0.406. The lowest BCUT2D eigenvalue weighted by molar-refractivity contribution is 0.0792. The third kappa shape index (κ3) is 4.62. The molecular weight excluding hydrogens is 478 g/mol. The molecule has 0 bridgehead atoms. The highest BCUT2D eigenvalue weighted by atomic mass is 35.5. The molecule has 1 amide bonds. The SMILES string of the molecule is O=C(c1cccc(Oc2nc3nc(-c4ccc(N5CCOCC5)cc4)c(Cl)cc3[nH]2)c1)N1CCCC1. The van der Waals surface area contributed by atoms with E-state index in [1.165, 1.54) is 0 Å². The van der Waals surface area contributed by atoms with E-state index in [1.54, 1.807) is 12.1 Å². The second-order valence-corrected chi connectivity index (χ2v) is 9.41. The maximum absolute atomic E-state index is 12.7. The molecule has 2 aromatic carbocycles. The molecule has 0 unspecified atom stereocenters. The number of rotatable bonds is 5. The standard InChI is InChI=1S/C27H26ClN5O3/c28-22-17-23-25(30-24(22)18-6-8-20(9-7-18)32-12-14-35-15-13-32)31-27(29-23)36-21-5-3-4-19(16-21)26(34)33-10-1-2-11-33/h3-9,16-17H,1-2,10-15H2,(H,29,30,31). The van der Waals surface area contributed by atoms with Crippen molar-refractivity contribution >= 4 is 34.4 Å². The van der Waals surface area contributed by atoms with Crippen LogP contribution in [0.5, 0.6) is 11.8 Å². The molecule has 184 valence electrons. The number of carbonyl (C=O) groups is 1. The van der Waals surface area contributed by atoms with Gasteiger partial charge in [-0.15, -0.1) is 0 Å². The van der Waals surface area contributed by atoms with Crippen molar-refractivity contribution in [2.75, 3.05) is 44.3 Å². The molecule has 4 aromatic rings. The zero-order chi connectivity index (χ0) is 24.5. The first-order valence-electron chi connectivity index (χ1n) is 12.2. The summed E-state index contributed by atoms with van der Waals surface area (Å²) in [4.78, 5) is 29.2. The molecule has 0 spiro atoms. The summed E-state index contributed by atoms with van der Waals surface area (Å²) < 4.78 is 11.4. The Labute approximate surface area is 213 Å². The number of anilines is 1. The van der Waals surface area contributed by atoms with E-state index in [-0.39, 0.29) is 5.91 Å². The van der Waals surface area contributed by atoms with Crippen molar-refractivity contribution in [3.8, 4) is 23.0 Å². The number of amides is 1. The molecule has 36 heavy (non-hydrogen) atoms. The molecular formula is C27H26ClN5O3. The van der Waals surface area contributed by atoms with Crippen molar-refractivity contribution in [1.29, 1.82) is 0 Å². The van der Waals surface area contributed by atoms with Gasteiger partial charge in [0.2, 0.25) is 0 Å². The van der Waals surface area contributed by atoms with Crippen molar-refractivity contribution < 1.29 is 14.3 Å². The summed E-state index contributed by atoms with van der Waals surface area (Å²) in [5.74, 6) is 0.560. The molecule has 0 atom stereocenters. The molecule has 8 nitrogen and oxygen atoms in total. The van der Waals surface area contributed by atoms with Crippen LogP contribution in [0.15, 0.2) is 54.6 Å². The summed E-state index contributed by atoms with van der Waals surface area (Å²) in [6.45, 7) is 4.87. The van der Waals surface area contributed by atoms with Crippen molar-refractivity contribution in [2.45, 2.75) is 12.8 Å². The minimum atomic E-state index is 0.0280. The first kappa shape index (κ1) is 22.8. The minimum absolute atomic E-state index is 0.0280. The molecule has 0 saturated carbocycles. The molecule has 1 N–H and O–H groups in total. The van der Waals surface area contributed by atoms with E-state index in [0.717, 1.165) is 63.5 Å². The van der Waals surface area contributed by atoms with Gasteiger partial charge in [0.1, 0.15) is 5.75 Å². The normalized spacial score (nSPS) is 16.0. The Balaban J connectivity index is 1.22. The van der Waals surface area contributed by atoms with E-state index in [0.29, 0.717) is 39.2 Å². The predicted molar refractivity (Wildman–Crippen MR) is 139 cm³/mol. The van der Waals surface area contributed by atoms with Crippen molar-refractivity contribution in [1.82, 2.24) is 19.9 Å². The Morgan fingerprint density at radius 3 is 2.53 bits per heavy atom. The van der Waals surface area contributed by atoms with Crippen LogP contribution < -0.4 is 9.64 Å². The first-order chi connectivity index (χ1) is 17.6. The highest BCUT2D eigenvalue weighted by Crippen LogP contribution is 2.32. The maximum atomic E-state index is 12.7. The van der Waals surface area contributed by atoms with Crippen LogP contribution in [0.2, 0.25) is 5.02 Å². The number of fused-ring (bicyclic) bond motifs is 1. The van der Waals surface area contributed by atoms with Gasteiger partial charge in [-0.3, -0.25) is 4.79 Å². The average molecular weight is 504 g/mol. The lowest BCUT2D eigenvalue weighted by Crippen LogP contribution is -2.36. The third-order valence-electron chi connectivity index (χ3n) is 6.61. The van der Waals surface area contributed by atoms with Crippen LogP contribution in [0.3, 0.4) is 0 Å². The second-order valence-electron chi connectivity index (χ2n) is 9.01. The Morgan fingerprint density at radius 1 is 0.972 bits per heavy atom. The summed E-state index contributed by atoms with van der Waals surface area (Å²) in [5.41, 5.74) is 4.51. The van der Waals surface area contributed by atoms with E-state index < -0.39 is 0 Å². The fourth-order valence-electron chi connectivity index (χ4n) is 4.71. The van der Waals surface area contributed by atoms with Crippen LogP contribution in [-0.4, -0.2) is 65.2 Å². The lowest BCUT2D eigenvalue weighted by atomic mass is 10.1. The fourth-order valence-corrected chi connectivity index (χ4v) is 4.97. The molecule has 2 aromatic heterocycles. The van der Waals surface area contributed by atoms with Gasteiger partial charge < -0.3 is 24.3 Å². The van der Waals surface area contributed by atoms with Gasteiger partial charge in [0, 0.05) is 43.0 Å². The van der Waals surface area contributed by atoms with Crippen LogP contribution in [0.25, 0.3) is 22.4 Å². The van der Waals surface area contributed by atoms with E-state index in [1.807, 2.05) is 35.2 Å². The molecule has 2 fully saturated rings. The number of nitrogens with zero attached hydrogens (tertiary/aromatic N) is 4. The number of aromatic amines is 1. The van der Waals surface area contributed by atoms with Gasteiger partial charge in [0.15, 0.2) is 5.65 Å². The Hall–Kier alpha value is -3.62. The number of carbonyl (C=O) groups excluding carboxylic acids is 1. The molecule has 2 saturated heterocycles. The molecule has 9 heteroatoms. The zero-order valence-electron chi connectivity index (χ0n) is 19.7. The molecule has 6 rings (SSSR count). The lowest BCUT2D eigenvalue weighted by Gasteiger charge is -2.28. The number of imidazole rings is 1. The monoisotopic (exact) mass is 503 g/mol. The number of halogens is 1. The first-order valence-corrected chi connectivity index (χ1v) is 12.6. The van der Waals surface area contributed by atoms with Crippen LogP contribution in [0, 0.1) is 0 Å². The number of nitrogens with one attached hydrogen (secondary N) is 1. The number of likely N-dealkylation sites (tertiary alicyclic amines) is 1. The Kier molecular flexibility index (Phi) is 6.21. The van der Waals surface area contributed by atoms with Crippen LogP contribution in [-0.2, 0) is 4.74 Å². The summed E-state index contributed by atoms with van der Waals surface area (Å²) in [6, 6.07) is 17.5. The molecule has 2 aliphatic rings. The highest BCUT2D eigenvalue weighted by Gasteiger charge is 2.20. The molecule has 0 radical (unpaired) electrons. The smallest absolute Gasteiger partial charge is 0.301 e. The van der Waals surface area contributed by atoms with E-state index >= 15 is 0 Å². The fraction of sp³-hybridized carbons (Fsp3) is 0.296. The summed E-state index contributed by atoms with van der Waals surface area (Å²) in [5, 5.41) is 0.523. The number of pyridine rings is 1. The number of hydrogen-bond acceptors (Lipinski definition) is 6. The zero-order valence-corrected chi connectivity index (χ0v) is 20.5. The number of benzene rings is 2. The summed E-state index contributed by atoms with van der Waals surface area (Å²) >= 11 is 6.59. The van der Waals surface area contributed by atoms with Crippen LogP contribution >= 0.6 is 11.6 Å². The van der Waals surface area contributed by atoms with E-state index in [2.05, 4.69) is 27.0 Å². The highest BCUT2D eigenvalue weighted by molar-refractivity contribution is 6.33. The number of morpholine rings is 1. The molecule has 2 aliphatic heterocycles. The summed E-state index contributed by atoms with van der Waals surface area (Å²) in [7, 11) is 0. The number of ether oxygens (including phenoxy) is 2. The summed E-state index contributed by atoms with van der Waals surface area (Å²) in [6.07, 6.45) is 2.10. The van der Waals surface area contributed by atoms with Gasteiger partial charge in [-0.1, -0.05) is 29.8 Å². The van der Waals surface area contributed by atoms with E-state index in [4.69, 9.17) is 26.1 Å². The molecule has 4 heterocycles. The predicted octanol–water partition coefficient (Wildman–Crippen LogP) is 5.14. The second kappa shape index (κ2) is 9.79. The third-order valence-corrected chi connectivity index (χ3v) is 6.90. The van der Waals surface area contributed by atoms with Gasteiger partial charge in [-0.2, -0.15) is 4.98 Å². The van der Waals surface area contributed by atoms with Crippen molar-refractivity contribution in [3.63, 3.8) is 0 Å². The van der Waals surface area contributed by atoms with Gasteiger partial charge in [-0.25, -0.2) is 4.98 Å². The van der Waals surface area contributed by atoms with Crippen LogP contribution in [0.4, 0.5) is 5.69 Å². The van der Waals surface area contributed by atoms with Gasteiger partial charge in [0.05, 0.1) is 29.4 Å². The Bertz CT molecular complexity index is 1390.